The molecule has 22 heavy (non-hydrogen) atoms. The summed E-state index contributed by atoms with van der Waals surface area (Å²) in [5, 5.41) is 28.3. The lowest BCUT2D eigenvalue weighted by Crippen LogP contribution is -2.16. The first-order valence-electron chi connectivity index (χ1n) is 6.36. The zero-order chi connectivity index (χ0) is 15.9. The highest BCUT2D eigenvalue weighted by atomic mass is 32.1. The number of thiazole rings is 1. The van der Waals surface area contributed by atoms with Gasteiger partial charge in [-0.15, -0.1) is 11.3 Å². The van der Waals surface area contributed by atoms with Crippen molar-refractivity contribution in [2.75, 3.05) is 0 Å². The van der Waals surface area contributed by atoms with Crippen molar-refractivity contribution in [3.8, 4) is 17.2 Å². The van der Waals surface area contributed by atoms with Crippen LogP contribution in [0, 0.1) is 33.8 Å². The molecular weight excluding hydrogens is 300 g/mol. The summed E-state index contributed by atoms with van der Waals surface area (Å²) in [6, 6.07) is 9.91. The standard InChI is InChI=1S/C15H10N4O2S/c1-9-8-18-14(22-9)6-12(13(7-16)15(18)17)10-2-4-11(5-3-10)19(20)21/h2-6,8,17H,1H3. The summed E-state index contributed by atoms with van der Waals surface area (Å²) in [5.74, 6) is 0. The molecule has 108 valence electrons. The molecule has 0 saturated carbocycles. The summed E-state index contributed by atoms with van der Waals surface area (Å²) in [6.07, 6.45) is 1.82. The largest absolute Gasteiger partial charge is 0.291 e. The van der Waals surface area contributed by atoms with Gasteiger partial charge in [-0.2, -0.15) is 5.26 Å². The van der Waals surface area contributed by atoms with E-state index in [1.807, 2.05) is 19.2 Å². The third-order valence-electron chi connectivity index (χ3n) is 3.33. The van der Waals surface area contributed by atoms with Gasteiger partial charge in [0, 0.05) is 28.8 Å². The lowest BCUT2D eigenvalue weighted by molar-refractivity contribution is -0.384. The van der Waals surface area contributed by atoms with Crippen molar-refractivity contribution in [2.24, 2.45) is 0 Å². The van der Waals surface area contributed by atoms with Crippen LogP contribution in [0.2, 0.25) is 0 Å². The van der Waals surface area contributed by atoms with Crippen LogP contribution in [0.1, 0.15) is 10.4 Å². The van der Waals surface area contributed by atoms with E-state index in [9.17, 15) is 15.4 Å². The zero-order valence-corrected chi connectivity index (χ0v) is 12.3. The Hall–Kier alpha value is -2.98. The van der Waals surface area contributed by atoms with E-state index in [4.69, 9.17) is 5.41 Å². The minimum absolute atomic E-state index is 0.00391. The molecule has 1 aromatic carbocycles. The molecule has 0 radical (unpaired) electrons. The Kier molecular flexibility index (Phi) is 3.23. The van der Waals surface area contributed by atoms with Gasteiger partial charge in [0.2, 0.25) is 0 Å². The average molecular weight is 310 g/mol. The van der Waals surface area contributed by atoms with Gasteiger partial charge < -0.3 is 0 Å². The van der Waals surface area contributed by atoms with Gasteiger partial charge in [0.15, 0.2) is 0 Å². The maximum atomic E-state index is 10.7. The molecule has 0 amide bonds. The van der Waals surface area contributed by atoms with Gasteiger partial charge in [-0.3, -0.25) is 19.9 Å². The van der Waals surface area contributed by atoms with Gasteiger partial charge >= 0.3 is 0 Å². The van der Waals surface area contributed by atoms with Crippen molar-refractivity contribution in [1.29, 1.82) is 10.7 Å². The number of aryl methyl sites for hydroxylation is 1. The predicted octanol–water partition coefficient (Wildman–Crippen LogP) is 3.24. The molecule has 0 aliphatic carbocycles. The van der Waals surface area contributed by atoms with Crippen LogP contribution >= 0.6 is 11.3 Å². The number of nitrogens with one attached hydrogen (secondary N) is 1. The predicted molar refractivity (Wildman–Crippen MR) is 82.7 cm³/mol. The molecule has 2 heterocycles. The minimum Gasteiger partial charge on any atom is -0.291 e. The second kappa shape index (κ2) is 5.09. The Balaban J connectivity index is 2.28. The Morgan fingerprint density at radius 1 is 1.36 bits per heavy atom. The number of benzene rings is 1. The van der Waals surface area contributed by atoms with Gasteiger partial charge in [0.1, 0.15) is 22.0 Å². The van der Waals surface area contributed by atoms with Gasteiger partial charge in [0.05, 0.1) is 4.92 Å². The first kappa shape index (κ1) is 14.0. The highest BCUT2D eigenvalue weighted by molar-refractivity contribution is 7.17. The van der Waals surface area contributed by atoms with Crippen LogP contribution in [0.25, 0.3) is 16.0 Å². The molecule has 0 saturated heterocycles. The summed E-state index contributed by atoms with van der Waals surface area (Å²) in [4.78, 5) is 12.2. The van der Waals surface area contributed by atoms with Crippen molar-refractivity contribution in [3.63, 3.8) is 0 Å². The monoisotopic (exact) mass is 310 g/mol. The molecule has 0 aliphatic heterocycles. The summed E-state index contributed by atoms with van der Waals surface area (Å²) in [7, 11) is 0. The fraction of sp³-hybridized carbons (Fsp3) is 0.0667. The molecule has 0 atom stereocenters. The number of nitriles is 1. The van der Waals surface area contributed by atoms with Crippen molar-refractivity contribution in [2.45, 2.75) is 6.92 Å². The SMILES string of the molecule is Cc1cn2c(=N)c(C#N)c(-c3ccc([N+](=O)[O-])cc3)cc2s1. The van der Waals surface area contributed by atoms with Crippen molar-refractivity contribution < 1.29 is 4.92 Å². The molecule has 0 spiro atoms. The third-order valence-corrected chi connectivity index (χ3v) is 4.28. The highest BCUT2D eigenvalue weighted by Gasteiger charge is 2.13. The summed E-state index contributed by atoms with van der Waals surface area (Å²) < 4.78 is 1.67. The van der Waals surface area contributed by atoms with E-state index in [-0.39, 0.29) is 16.7 Å². The molecule has 7 heteroatoms. The minimum atomic E-state index is -0.466. The van der Waals surface area contributed by atoms with Crippen LogP contribution in [0.4, 0.5) is 5.69 Å². The summed E-state index contributed by atoms with van der Waals surface area (Å²) in [6.45, 7) is 1.94. The van der Waals surface area contributed by atoms with Crippen molar-refractivity contribution >= 4 is 21.9 Å². The molecule has 0 aliphatic rings. The number of nitrogens with zero attached hydrogens (tertiary/aromatic N) is 3. The van der Waals surface area contributed by atoms with E-state index >= 15 is 0 Å². The maximum absolute atomic E-state index is 10.7. The van der Waals surface area contributed by atoms with Crippen molar-refractivity contribution in [3.05, 3.63) is 62.6 Å². The Morgan fingerprint density at radius 2 is 2.05 bits per heavy atom. The second-order valence-electron chi connectivity index (χ2n) is 4.75. The Bertz CT molecular complexity index is 993. The Labute approximate surface area is 129 Å². The molecular formula is C15H10N4O2S. The van der Waals surface area contributed by atoms with Crippen LogP contribution in [-0.2, 0) is 0 Å². The van der Waals surface area contributed by atoms with Crippen LogP contribution in [0.5, 0.6) is 0 Å². The van der Waals surface area contributed by atoms with Crippen molar-refractivity contribution in [1.82, 2.24) is 4.40 Å². The maximum Gasteiger partial charge on any atom is 0.269 e. The van der Waals surface area contributed by atoms with E-state index in [1.54, 1.807) is 16.5 Å². The van der Waals surface area contributed by atoms with E-state index < -0.39 is 4.92 Å². The lowest BCUT2D eigenvalue weighted by atomic mass is 10.0. The Morgan fingerprint density at radius 3 is 2.64 bits per heavy atom. The number of fused-ring (bicyclic) bond motifs is 1. The van der Waals surface area contributed by atoms with Crippen LogP contribution in [0.3, 0.4) is 0 Å². The van der Waals surface area contributed by atoms with E-state index in [1.165, 1.54) is 23.5 Å². The van der Waals surface area contributed by atoms with Gasteiger partial charge in [-0.1, -0.05) is 0 Å². The second-order valence-corrected chi connectivity index (χ2v) is 6.01. The van der Waals surface area contributed by atoms with E-state index in [0.29, 0.717) is 11.1 Å². The molecule has 3 rings (SSSR count). The fourth-order valence-corrected chi connectivity index (χ4v) is 3.21. The number of nitro groups is 1. The number of hydrogen-bond donors (Lipinski definition) is 1. The number of aromatic nitrogens is 1. The molecule has 1 N–H and O–H groups in total. The van der Waals surface area contributed by atoms with Crippen LogP contribution in [0.15, 0.2) is 36.5 Å². The first-order valence-corrected chi connectivity index (χ1v) is 7.18. The summed E-state index contributed by atoms with van der Waals surface area (Å²) >= 11 is 1.53. The van der Waals surface area contributed by atoms with Crippen LogP contribution < -0.4 is 5.49 Å². The number of pyridine rings is 1. The molecule has 0 unspecified atom stereocenters. The smallest absolute Gasteiger partial charge is 0.269 e. The normalized spacial score (nSPS) is 10.5. The number of rotatable bonds is 2. The number of nitro benzene ring substituents is 1. The summed E-state index contributed by atoms with van der Waals surface area (Å²) in [5.41, 5.74) is 1.67. The molecule has 0 fully saturated rings. The fourth-order valence-electron chi connectivity index (χ4n) is 2.31. The number of hydrogen-bond acceptors (Lipinski definition) is 5. The molecule has 0 bridgehead atoms. The molecule has 3 aromatic rings. The van der Waals surface area contributed by atoms with E-state index in [2.05, 4.69) is 6.07 Å². The highest BCUT2D eigenvalue weighted by Crippen LogP contribution is 2.27. The zero-order valence-electron chi connectivity index (χ0n) is 11.5. The van der Waals surface area contributed by atoms with Gasteiger partial charge in [-0.25, -0.2) is 0 Å². The average Bonchev–Trinajstić information content (AvgIpc) is 2.88. The van der Waals surface area contributed by atoms with Crippen LogP contribution in [-0.4, -0.2) is 9.32 Å². The van der Waals surface area contributed by atoms with Gasteiger partial charge in [0.25, 0.3) is 5.69 Å². The lowest BCUT2D eigenvalue weighted by Gasteiger charge is -2.06. The third kappa shape index (κ3) is 2.16. The molecule has 6 nitrogen and oxygen atoms in total. The topological polar surface area (TPSA) is 95.2 Å². The molecule has 2 aromatic heterocycles. The van der Waals surface area contributed by atoms with E-state index in [0.717, 1.165) is 9.71 Å². The van der Waals surface area contributed by atoms with Gasteiger partial charge in [-0.05, 0) is 30.7 Å². The quantitative estimate of drug-likeness (QED) is 0.581. The first-order chi connectivity index (χ1) is 10.5. The number of non-ortho nitro benzene ring substituents is 1.